The Labute approximate surface area is 111 Å². The van der Waals surface area contributed by atoms with Crippen molar-refractivity contribution in [2.75, 3.05) is 32.7 Å². The van der Waals surface area contributed by atoms with E-state index in [1.807, 2.05) is 0 Å². The topological polar surface area (TPSA) is 44.4 Å². The van der Waals surface area contributed by atoms with E-state index in [1.165, 1.54) is 12.8 Å². The summed E-state index contributed by atoms with van der Waals surface area (Å²) in [5, 5.41) is 6.15. The lowest BCUT2D eigenvalue weighted by Crippen LogP contribution is -2.39. The number of carbonyl (C=O) groups is 1. The van der Waals surface area contributed by atoms with Crippen LogP contribution in [0.1, 0.15) is 40.0 Å². The van der Waals surface area contributed by atoms with Gasteiger partial charge in [0.1, 0.15) is 0 Å². The monoisotopic (exact) mass is 255 g/mol. The molecule has 0 aromatic carbocycles. The molecule has 0 atom stereocenters. The summed E-state index contributed by atoms with van der Waals surface area (Å²) in [7, 11) is 0. The van der Waals surface area contributed by atoms with E-state index >= 15 is 0 Å². The van der Waals surface area contributed by atoms with E-state index in [-0.39, 0.29) is 5.91 Å². The minimum absolute atomic E-state index is 0.116. The van der Waals surface area contributed by atoms with Crippen molar-refractivity contribution in [1.82, 2.24) is 15.5 Å². The van der Waals surface area contributed by atoms with Gasteiger partial charge < -0.3 is 10.6 Å². The number of carbonyl (C=O) groups excluding carboxylic acids is 1. The Bertz CT molecular complexity index is 239. The molecule has 2 N–H and O–H groups in total. The SMILES string of the molecule is CCN(CCNCC(=O)NCCC(C)C)C1CC1. The van der Waals surface area contributed by atoms with Crippen LogP contribution in [0.2, 0.25) is 0 Å². The van der Waals surface area contributed by atoms with Crippen LogP contribution in [-0.2, 0) is 4.79 Å². The van der Waals surface area contributed by atoms with E-state index in [0.29, 0.717) is 12.5 Å². The quantitative estimate of drug-likeness (QED) is 0.577. The summed E-state index contributed by atoms with van der Waals surface area (Å²) in [4.78, 5) is 14.0. The molecule has 0 aliphatic heterocycles. The van der Waals surface area contributed by atoms with Crippen molar-refractivity contribution < 1.29 is 4.79 Å². The van der Waals surface area contributed by atoms with Gasteiger partial charge in [-0.05, 0) is 31.7 Å². The van der Waals surface area contributed by atoms with Gasteiger partial charge >= 0.3 is 0 Å². The molecule has 0 unspecified atom stereocenters. The van der Waals surface area contributed by atoms with Crippen molar-refractivity contribution in [2.24, 2.45) is 5.92 Å². The fraction of sp³-hybridized carbons (Fsp3) is 0.929. The number of likely N-dealkylation sites (N-methyl/N-ethyl adjacent to an activating group) is 1. The molecular formula is C14H29N3O. The first-order valence-corrected chi connectivity index (χ1v) is 7.35. The van der Waals surface area contributed by atoms with Gasteiger partial charge in [-0.3, -0.25) is 9.69 Å². The summed E-state index contributed by atoms with van der Waals surface area (Å²) in [6.45, 7) is 10.9. The first-order valence-electron chi connectivity index (χ1n) is 7.35. The Kier molecular flexibility index (Phi) is 7.28. The van der Waals surface area contributed by atoms with Crippen molar-refractivity contribution in [3.05, 3.63) is 0 Å². The maximum absolute atomic E-state index is 11.5. The predicted octanol–water partition coefficient (Wildman–Crippen LogP) is 1.22. The van der Waals surface area contributed by atoms with Gasteiger partial charge in [0.05, 0.1) is 6.54 Å². The zero-order chi connectivity index (χ0) is 13.4. The Hall–Kier alpha value is -0.610. The second-order valence-corrected chi connectivity index (χ2v) is 5.57. The molecule has 1 saturated carbocycles. The van der Waals surface area contributed by atoms with Crippen LogP contribution < -0.4 is 10.6 Å². The summed E-state index contributed by atoms with van der Waals surface area (Å²) in [5.74, 6) is 0.764. The zero-order valence-electron chi connectivity index (χ0n) is 12.2. The van der Waals surface area contributed by atoms with Crippen LogP contribution in [0.3, 0.4) is 0 Å². The van der Waals surface area contributed by atoms with Crippen LogP contribution >= 0.6 is 0 Å². The van der Waals surface area contributed by atoms with E-state index in [4.69, 9.17) is 0 Å². The highest BCUT2D eigenvalue weighted by molar-refractivity contribution is 5.77. The molecule has 1 aliphatic rings. The van der Waals surface area contributed by atoms with Crippen LogP contribution in [0.25, 0.3) is 0 Å². The Morgan fingerprint density at radius 2 is 2.06 bits per heavy atom. The standard InChI is InChI=1S/C14H29N3O/c1-4-17(13-5-6-13)10-9-15-11-14(18)16-8-7-12(2)3/h12-13,15H,4-11H2,1-3H3,(H,16,18). The molecule has 106 valence electrons. The largest absolute Gasteiger partial charge is 0.355 e. The molecule has 1 amide bonds. The third-order valence-corrected chi connectivity index (χ3v) is 3.37. The average Bonchev–Trinajstić information content (AvgIpc) is 3.13. The molecule has 18 heavy (non-hydrogen) atoms. The van der Waals surface area contributed by atoms with Crippen molar-refractivity contribution in [3.8, 4) is 0 Å². The zero-order valence-corrected chi connectivity index (χ0v) is 12.2. The highest BCUT2D eigenvalue weighted by Gasteiger charge is 2.26. The molecule has 0 saturated heterocycles. The van der Waals surface area contributed by atoms with Crippen molar-refractivity contribution in [3.63, 3.8) is 0 Å². The first-order chi connectivity index (χ1) is 8.63. The highest BCUT2D eigenvalue weighted by atomic mass is 16.1. The Morgan fingerprint density at radius 1 is 1.33 bits per heavy atom. The molecule has 1 fully saturated rings. The summed E-state index contributed by atoms with van der Waals surface area (Å²) in [6.07, 6.45) is 3.75. The molecular weight excluding hydrogens is 226 g/mol. The molecule has 0 radical (unpaired) electrons. The minimum atomic E-state index is 0.116. The average molecular weight is 255 g/mol. The van der Waals surface area contributed by atoms with Crippen LogP contribution in [0.4, 0.5) is 0 Å². The maximum Gasteiger partial charge on any atom is 0.233 e. The Morgan fingerprint density at radius 3 is 2.61 bits per heavy atom. The molecule has 0 spiro atoms. The number of hydrogen-bond acceptors (Lipinski definition) is 3. The number of hydrogen-bond donors (Lipinski definition) is 2. The van der Waals surface area contributed by atoms with E-state index in [0.717, 1.165) is 38.6 Å². The summed E-state index contributed by atoms with van der Waals surface area (Å²) < 4.78 is 0. The van der Waals surface area contributed by atoms with Crippen LogP contribution in [0, 0.1) is 5.92 Å². The van der Waals surface area contributed by atoms with Gasteiger partial charge in [-0.1, -0.05) is 20.8 Å². The van der Waals surface area contributed by atoms with Gasteiger partial charge in [0.25, 0.3) is 0 Å². The van der Waals surface area contributed by atoms with Gasteiger partial charge in [-0.15, -0.1) is 0 Å². The van der Waals surface area contributed by atoms with E-state index in [1.54, 1.807) is 0 Å². The highest BCUT2D eigenvalue weighted by Crippen LogP contribution is 2.25. The van der Waals surface area contributed by atoms with E-state index in [2.05, 4.69) is 36.3 Å². The molecule has 4 heteroatoms. The van der Waals surface area contributed by atoms with Crippen molar-refractivity contribution >= 4 is 5.91 Å². The molecule has 0 heterocycles. The number of amides is 1. The molecule has 0 aromatic rings. The lowest BCUT2D eigenvalue weighted by Gasteiger charge is -2.19. The third-order valence-electron chi connectivity index (χ3n) is 3.37. The number of rotatable bonds is 10. The van der Waals surface area contributed by atoms with Crippen LogP contribution in [-0.4, -0.2) is 49.6 Å². The minimum Gasteiger partial charge on any atom is -0.355 e. The van der Waals surface area contributed by atoms with Crippen LogP contribution in [0.5, 0.6) is 0 Å². The van der Waals surface area contributed by atoms with Gasteiger partial charge in [-0.25, -0.2) is 0 Å². The van der Waals surface area contributed by atoms with E-state index < -0.39 is 0 Å². The van der Waals surface area contributed by atoms with Crippen LogP contribution in [0.15, 0.2) is 0 Å². The second-order valence-electron chi connectivity index (χ2n) is 5.57. The third kappa shape index (κ3) is 6.97. The summed E-state index contributed by atoms with van der Waals surface area (Å²) in [6, 6.07) is 0.816. The molecule has 1 aliphatic carbocycles. The fourth-order valence-corrected chi connectivity index (χ4v) is 2.03. The van der Waals surface area contributed by atoms with Crippen molar-refractivity contribution in [2.45, 2.75) is 46.1 Å². The number of nitrogens with zero attached hydrogens (tertiary/aromatic N) is 1. The molecule has 0 bridgehead atoms. The van der Waals surface area contributed by atoms with Gasteiger partial charge in [-0.2, -0.15) is 0 Å². The first kappa shape index (κ1) is 15.4. The fourth-order valence-electron chi connectivity index (χ4n) is 2.03. The lowest BCUT2D eigenvalue weighted by atomic mass is 10.1. The normalized spacial score (nSPS) is 15.4. The molecule has 0 aromatic heterocycles. The summed E-state index contributed by atoms with van der Waals surface area (Å²) >= 11 is 0. The van der Waals surface area contributed by atoms with Gasteiger partial charge in [0.2, 0.25) is 5.91 Å². The predicted molar refractivity (Wildman–Crippen MR) is 75.6 cm³/mol. The number of nitrogens with one attached hydrogen (secondary N) is 2. The van der Waals surface area contributed by atoms with E-state index in [9.17, 15) is 4.79 Å². The Balaban J connectivity index is 1.94. The van der Waals surface area contributed by atoms with Gasteiger partial charge in [0.15, 0.2) is 0 Å². The van der Waals surface area contributed by atoms with Gasteiger partial charge in [0, 0.05) is 25.7 Å². The summed E-state index contributed by atoms with van der Waals surface area (Å²) in [5.41, 5.74) is 0. The molecule has 4 nitrogen and oxygen atoms in total. The maximum atomic E-state index is 11.5. The lowest BCUT2D eigenvalue weighted by molar-refractivity contribution is -0.120. The molecule has 1 rings (SSSR count). The smallest absolute Gasteiger partial charge is 0.233 e. The van der Waals surface area contributed by atoms with Crippen molar-refractivity contribution in [1.29, 1.82) is 0 Å². The second kappa shape index (κ2) is 8.48.